The van der Waals surface area contributed by atoms with Crippen molar-refractivity contribution in [3.8, 4) is 0 Å². The highest BCUT2D eigenvalue weighted by molar-refractivity contribution is 5.87. The smallest absolute Gasteiger partial charge is 0.239 e. The lowest BCUT2D eigenvalue weighted by molar-refractivity contribution is -0.128. The van der Waals surface area contributed by atoms with E-state index in [9.17, 15) is 14.4 Å². The van der Waals surface area contributed by atoms with Gasteiger partial charge in [-0.05, 0) is 37.5 Å². The number of nitrogens with one attached hydrogen (secondary N) is 3. The molecule has 8 heteroatoms. The SMILES string of the molecule is CC(=O)NCC(=O)NCC(=O)NC1C2CCCC1CC(N)C2.Cl. The third-order valence-electron chi connectivity index (χ3n) is 4.65. The maximum Gasteiger partial charge on any atom is 0.239 e. The minimum Gasteiger partial charge on any atom is -0.351 e. The number of carbonyl (C=O) groups is 3. The quantitative estimate of drug-likeness (QED) is 0.546. The van der Waals surface area contributed by atoms with Crippen molar-refractivity contribution in [3.63, 3.8) is 0 Å². The second kappa shape index (κ2) is 9.08. The van der Waals surface area contributed by atoms with Crippen LogP contribution in [-0.4, -0.2) is 42.9 Å². The summed E-state index contributed by atoms with van der Waals surface area (Å²) in [7, 11) is 0. The Morgan fingerprint density at radius 1 is 1.00 bits per heavy atom. The van der Waals surface area contributed by atoms with Crippen molar-refractivity contribution in [1.29, 1.82) is 0 Å². The van der Waals surface area contributed by atoms with Crippen molar-refractivity contribution in [2.45, 2.75) is 51.1 Å². The van der Waals surface area contributed by atoms with E-state index in [2.05, 4.69) is 16.0 Å². The van der Waals surface area contributed by atoms with Crippen molar-refractivity contribution in [2.24, 2.45) is 17.6 Å². The minimum atomic E-state index is -0.365. The van der Waals surface area contributed by atoms with E-state index in [1.54, 1.807) is 0 Å². The summed E-state index contributed by atoms with van der Waals surface area (Å²) in [6.07, 6.45) is 5.38. The lowest BCUT2D eigenvalue weighted by Crippen LogP contribution is -2.55. The summed E-state index contributed by atoms with van der Waals surface area (Å²) in [4.78, 5) is 34.2. The van der Waals surface area contributed by atoms with Gasteiger partial charge in [0, 0.05) is 19.0 Å². The monoisotopic (exact) mass is 346 g/mol. The maximum absolute atomic E-state index is 12.0. The summed E-state index contributed by atoms with van der Waals surface area (Å²) in [6.45, 7) is 1.18. The number of rotatable bonds is 5. The zero-order chi connectivity index (χ0) is 16.1. The van der Waals surface area contributed by atoms with Gasteiger partial charge in [0.15, 0.2) is 0 Å². The van der Waals surface area contributed by atoms with Crippen LogP contribution in [-0.2, 0) is 14.4 Å². The summed E-state index contributed by atoms with van der Waals surface area (Å²) in [5, 5.41) is 7.97. The number of amides is 3. The molecule has 2 aliphatic rings. The Hall–Kier alpha value is -1.34. The van der Waals surface area contributed by atoms with E-state index in [1.165, 1.54) is 13.3 Å². The molecule has 0 aromatic rings. The Morgan fingerprint density at radius 2 is 1.57 bits per heavy atom. The molecule has 0 aliphatic heterocycles. The molecule has 2 bridgehead atoms. The van der Waals surface area contributed by atoms with Crippen molar-refractivity contribution in [3.05, 3.63) is 0 Å². The van der Waals surface area contributed by atoms with E-state index in [-0.39, 0.29) is 55.3 Å². The Kier molecular flexibility index (Phi) is 7.78. The van der Waals surface area contributed by atoms with Crippen molar-refractivity contribution >= 4 is 30.1 Å². The molecule has 0 spiro atoms. The van der Waals surface area contributed by atoms with Gasteiger partial charge in [0.1, 0.15) is 0 Å². The number of hydrogen-bond acceptors (Lipinski definition) is 4. The lowest BCUT2D eigenvalue weighted by atomic mass is 9.67. The van der Waals surface area contributed by atoms with Gasteiger partial charge >= 0.3 is 0 Å². The van der Waals surface area contributed by atoms with Gasteiger partial charge in [0.25, 0.3) is 0 Å². The molecular formula is C15H27ClN4O3. The van der Waals surface area contributed by atoms with Crippen LogP contribution in [0.5, 0.6) is 0 Å². The normalized spacial score (nSPS) is 29.0. The molecule has 3 amide bonds. The number of hydrogen-bond donors (Lipinski definition) is 4. The fraction of sp³-hybridized carbons (Fsp3) is 0.800. The average Bonchev–Trinajstić information content (AvgIpc) is 2.44. The molecule has 0 radical (unpaired) electrons. The van der Waals surface area contributed by atoms with E-state index in [4.69, 9.17) is 5.73 Å². The van der Waals surface area contributed by atoms with E-state index >= 15 is 0 Å². The Labute approximate surface area is 142 Å². The summed E-state index contributed by atoms with van der Waals surface area (Å²) in [5.41, 5.74) is 6.07. The van der Waals surface area contributed by atoms with Gasteiger partial charge in [-0.15, -0.1) is 12.4 Å². The van der Waals surface area contributed by atoms with Gasteiger partial charge in [-0.3, -0.25) is 14.4 Å². The fourth-order valence-electron chi connectivity index (χ4n) is 3.71. The first kappa shape index (κ1) is 19.7. The van der Waals surface area contributed by atoms with Gasteiger partial charge in [-0.25, -0.2) is 0 Å². The van der Waals surface area contributed by atoms with Gasteiger partial charge < -0.3 is 21.7 Å². The first-order chi connectivity index (χ1) is 10.5. The van der Waals surface area contributed by atoms with Crippen LogP contribution in [0.3, 0.4) is 0 Å². The van der Waals surface area contributed by atoms with Crippen LogP contribution in [0.25, 0.3) is 0 Å². The predicted octanol–water partition coefficient (Wildman–Crippen LogP) is -0.317. The molecule has 7 nitrogen and oxygen atoms in total. The summed E-state index contributed by atoms with van der Waals surface area (Å²) >= 11 is 0. The third kappa shape index (κ3) is 5.99. The zero-order valence-electron chi connectivity index (χ0n) is 13.5. The van der Waals surface area contributed by atoms with Crippen LogP contribution in [0.15, 0.2) is 0 Å². The number of fused-ring (bicyclic) bond motifs is 2. The second-order valence-corrected chi connectivity index (χ2v) is 6.46. The van der Waals surface area contributed by atoms with Crippen LogP contribution < -0.4 is 21.7 Å². The molecule has 2 rings (SSSR count). The largest absolute Gasteiger partial charge is 0.351 e. The lowest BCUT2D eigenvalue weighted by Gasteiger charge is -2.45. The molecule has 2 saturated carbocycles. The predicted molar refractivity (Wildman–Crippen MR) is 88.9 cm³/mol. The van der Waals surface area contributed by atoms with E-state index in [0.717, 1.165) is 25.7 Å². The highest BCUT2D eigenvalue weighted by Crippen LogP contribution is 2.39. The fourth-order valence-corrected chi connectivity index (χ4v) is 3.71. The molecular weight excluding hydrogens is 320 g/mol. The van der Waals surface area contributed by atoms with Crippen LogP contribution in [0.4, 0.5) is 0 Å². The minimum absolute atomic E-state index is 0. The zero-order valence-corrected chi connectivity index (χ0v) is 14.3. The first-order valence-corrected chi connectivity index (χ1v) is 8.01. The topological polar surface area (TPSA) is 113 Å². The molecule has 2 aliphatic carbocycles. The molecule has 5 N–H and O–H groups in total. The molecule has 0 saturated heterocycles. The van der Waals surface area contributed by atoms with Crippen molar-refractivity contribution < 1.29 is 14.4 Å². The molecule has 2 fully saturated rings. The van der Waals surface area contributed by atoms with Crippen LogP contribution >= 0.6 is 12.4 Å². The Balaban J connectivity index is 0.00000264. The van der Waals surface area contributed by atoms with E-state index in [0.29, 0.717) is 11.8 Å². The van der Waals surface area contributed by atoms with E-state index in [1.807, 2.05) is 0 Å². The molecule has 0 heterocycles. The molecule has 23 heavy (non-hydrogen) atoms. The number of nitrogens with two attached hydrogens (primary N) is 1. The van der Waals surface area contributed by atoms with Gasteiger partial charge in [-0.2, -0.15) is 0 Å². The molecule has 2 unspecified atom stereocenters. The first-order valence-electron chi connectivity index (χ1n) is 8.01. The van der Waals surface area contributed by atoms with Crippen molar-refractivity contribution in [2.75, 3.05) is 13.1 Å². The average molecular weight is 347 g/mol. The van der Waals surface area contributed by atoms with Gasteiger partial charge in [0.2, 0.25) is 17.7 Å². The van der Waals surface area contributed by atoms with Crippen molar-refractivity contribution in [1.82, 2.24) is 16.0 Å². The molecule has 0 aromatic heterocycles. The Bertz CT molecular complexity index is 432. The number of carbonyl (C=O) groups excluding carboxylic acids is 3. The summed E-state index contributed by atoms with van der Waals surface area (Å²) < 4.78 is 0. The maximum atomic E-state index is 12.0. The third-order valence-corrected chi connectivity index (χ3v) is 4.65. The molecule has 2 atom stereocenters. The van der Waals surface area contributed by atoms with Gasteiger partial charge in [-0.1, -0.05) is 6.42 Å². The second-order valence-electron chi connectivity index (χ2n) is 6.46. The Morgan fingerprint density at radius 3 is 2.13 bits per heavy atom. The molecule has 0 aromatic carbocycles. The molecule has 132 valence electrons. The summed E-state index contributed by atoms with van der Waals surface area (Å²) in [6, 6.07) is 0.439. The van der Waals surface area contributed by atoms with Crippen LogP contribution in [0.1, 0.15) is 39.0 Å². The summed E-state index contributed by atoms with van der Waals surface area (Å²) in [5.74, 6) is 0.110. The highest BCUT2D eigenvalue weighted by Gasteiger charge is 2.39. The van der Waals surface area contributed by atoms with E-state index < -0.39 is 0 Å². The van der Waals surface area contributed by atoms with Crippen LogP contribution in [0, 0.1) is 11.8 Å². The number of halogens is 1. The van der Waals surface area contributed by atoms with Gasteiger partial charge in [0.05, 0.1) is 13.1 Å². The highest BCUT2D eigenvalue weighted by atomic mass is 35.5. The standard InChI is InChI=1S/C15H26N4O3.ClH/c1-9(20)17-7-13(21)18-8-14(22)19-15-10-3-2-4-11(15)6-12(16)5-10;/h10-12,15H,2-8,16H2,1H3,(H,17,20)(H,18,21)(H,19,22);1H. The van der Waals surface area contributed by atoms with Crippen LogP contribution in [0.2, 0.25) is 0 Å².